The Kier molecular flexibility index (Phi) is 16.4. The number of unbranched alkanes of at least 4 members (excludes halogenated alkanes) is 4. The van der Waals surface area contributed by atoms with Gasteiger partial charge in [0.25, 0.3) is 0 Å². The molecule has 0 aliphatic heterocycles. The molecule has 256 valence electrons. The van der Waals surface area contributed by atoms with Crippen molar-refractivity contribution in [3.05, 3.63) is 95.2 Å². The SMILES string of the molecule is CC.CC.COc1cc2ncnc(Nc3ccc(OCc4cccc(F)c4)c(Cl)c3)c2cc1-c1ccc(CNCCCCCCC=O)o1. The van der Waals surface area contributed by atoms with Crippen molar-refractivity contribution in [2.75, 3.05) is 19.0 Å². The molecule has 48 heavy (non-hydrogen) atoms. The second-order valence-corrected chi connectivity index (χ2v) is 10.7. The molecule has 0 radical (unpaired) electrons. The van der Waals surface area contributed by atoms with E-state index < -0.39 is 0 Å². The van der Waals surface area contributed by atoms with Gasteiger partial charge in [-0.15, -0.1) is 0 Å². The minimum Gasteiger partial charge on any atom is -0.496 e. The molecule has 2 aromatic heterocycles. The van der Waals surface area contributed by atoms with Crippen LogP contribution in [0.5, 0.6) is 11.5 Å². The number of hydrogen-bond acceptors (Lipinski definition) is 8. The monoisotopic (exact) mass is 676 g/mol. The molecule has 0 saturated carbocycles. The molecule has 0 saturated heterocycles. The standard InChI is InChI=1S/C34H34ClFN4O4.2C2H6/c1-42-33-19-30-27(18-28(33)31-13-11-26(44-31)20-37-14-5-3-2-4-6-15-41)34(39-22-38-30)40-25-10-12-32(29(35)17-25)43-21-23-8-7-9-24(36)16-23;2*1-2/h7-13,15-19,22,37H,2-6,14,20-21H2,1H3,(H,38,39,40);2*1-2H3. The number of benzene rings is 3. The number of aromatic nitrogens is 2. The minimum atomic E-state index is -0.315. The molecule has 0 unspecified atom stereocenters. The predicted octanol–water partition coefficient (Wildman–Crippen LogP) is 10.3. The molecule has 2 N–H and O–H groups in total. The van der Waals surface area contributed by atoms with Crippen LogP contribution in [-0.4, -0.2) is 29.9 Å². The number of nitrogens with one attached hydrogen (secondary N) is 2. The van der Waals surface area contributed by atoms with Gasteiger partial charge in [0.15, 0.2) is 0 Å². The van der Waals surface area contributed by atoms with Gasteiger partial charge in [0.2, 0.25) is 0 Å². The lowest BCUT2D eigenvalue weighted by atomic mass is 10.1. The number of methoxy groups -OCH3 is 1. The maximum Gasteiger partial charge on any atom is 0.141 e. The quantitative estimate of drug-likeness (QED) is 0.0787. The topological polar surface area (TPSA) is 98.5 Å². The molecule has 10 heteroatoms. The molecule has 0 fully saturated rings. The molecule has 0 aliphatic rings. The van der Waals surface area contributed by atoms with Crippen LogP contribution in [0.2, 0.25) is 5.02 Å². The minimum absolute atomic E-state index is 0.194. The van der Waals surface area contributed by atoms with E-state index in [1.165, 1.54) is 18.5 Å². The van der Waals surface area contributed by atoms with Gasteiger partial charge in [0.1, 0.15) is 53.9 Å². The van der Waals surface area contributed by atoms with Gasteiger partial charge in [-0.25, -0.2) is 14.4 Å². The van der Waals surface area contributed by atoms with Crippen molar-refractivity contribution in [1.82, 2.24) is 15.3 Å². The Hall–Kier alpha value is -4.47. The van der Waals surface area contributed by atoms with E-state index in [4.69, 9.17) is 25.5 Å². The lowest BCUT2D eigenvalue weighted by Gasteiger charge is -2.13. The predicted molar refractivity (Wildman–Crippen MR) is 193 cm³/mol. The van der Waals surface area contributed by atoms with E-state index in [2.05, 4.69) is 20.6 Å². The summed E-state index contributed by atoms with van der Waals surface area (Å²) in [7, 11) is 1.62. The van der Waals surface area contributed by atoms with E-state index >= 15 is 0 Å². The van der Waals surface area contributed by atoms with Crippen molar-refractivity contribution in [2.24, 2.45) is 0 Å². The van der Waals surface area contributed by atoms with E-state index in [9.17, 15) is 9.18 Å². The van der Waals surface area contributed by atoms with Gasteiger partial charge in [0.05, 0.1) is 29.8 Å². The molecule has 5 aromatic rings. The molecule has 0 aliphatic carbocycles. The van der Waals surface area contributed by atoms with Crippen LogP contribution in [0.3, 0.4) is 0 Å². The van der Waals surface area contributed by atoms with Gasteiger partial charge < -0.3 is 29.3 Å². The number of carbonyl (C=O) groups is 1. The van der Waals surface area contributed by atoms with E-state index in [1.54, 1.807) is 31.4 Å². The fourth-order valence-electron chi connectivity index (χ4n) is 4.83. The summed E-state index contributed by atoms with van der Waals surface area (Å²) < 4.78 is 31.2. The number of rotatable bonds is 16. The van der Waals surface area contributed by atoms with E-state index in [1.807, 2.05) is 58.0 Å². The first-order valence-corrected chi connectivity index (χ1v) is 16.9. The number of ether oxygens (including phenoxy) is 2. The summed E-state index contributed by atoms with van der Waals surface area (Å²) >= 11 is 6.52. The van der Waals surface area contributed by atoms with Gasteiger partial charge in [0, 0.05) is 23.6 Å². The highest BCUT2D eigenvalue weighted by Crippen LogP contribution is 2.37. The average Bonchev–Trinajstić information content (AvgIpc) is 3.59. The van der Waals surface area contributed by atoms with Crippen LogP contribution in [0.25, 0.3) is 22.2 Å². The lowest BCUT2D eigenvalue weighted by molar-refractivity contribution is -0.107. The van der Waals surface area contributed by atoms with Crippen molar-refractivity contribution in [1.29, 1.82) is 0 Å². The lowest BCUT2D eigenvalue weighted by Crippen LogP contribution is -2.14. The highest BCUT2D eigenvalue weighted by molar-refractivity contribution is 6.32. The summed E-state index contributed by atoms with van der Waals surface area (Å²) in [6, 6.07) is 19.3. The van der Waals surface area contributed by atoms with Crippen LogP contribution in [0.4, 0.5) is 15.9 Å². The maximum absolute atomic E-state index is 13.5. The Labute approximate surface area is 288 Å². The van der Waals surface area contributed by atoms with Crippen LogP contribution >= 0.6 is 11.6 Å². The van der Waals surface area contributed by atoms with Crippen LogP contribution in [0.1, 0.15) is 71.1 Å². The van der Waals surface area contributed by atoms with Crippen molar-refractivity contribution < 1.29 is 23.1 Å². The normalized spacial score (nSPS) is 10.4. The number of aldehydes is 1. The van der Waals surface area contributed by atoms with Crippen molar-refractivity contribution >= 4 is 40.3 Å². The smallest absolute Gasteiger partial charge is 0.141 e. The highest BCUT2D eigenvalue weighted by atomic mass is 35.5. The zero-order valence-electron chi connectivity index (χ0n) is 28.4. The largest absolute Gasteiger partial charge is 0.496 e. The first-order chi connectivity index (χ1) is 23.5. The second-order valence-electron chi connectivity index (χ2n) is 10.3. The summed E-state index contributed by atoms with van der Waals surface area (Å²) in [6.45, 7) is 9.69. The third-order valence-electron chi connectivity index (χ3n) is 7.09. The fraction of sp³-hybridized carbons (Fsp3) is 0.342. The summed E-state index contributed by atoms with van der Waals surface area (Å²) in [5.41, 5.74) is 2.89. The third-order valence-corrected chi connectivity index (χ3v) is 7.38. The Morgan fingerprint density at radius 2 is 1.73 bits per heavy atom. The van der Waals surface area contributed by atoms with Gasteiger partial charge in [-0.3, -0.25) is 0 Å². The molecule has 3 aromatic carbocycles. The first kappa shape index (κ1) is 38.0. The zero-order valence-corrected chi connectivity index (χ0v) is 29.2. The summed E-state index contributed by atoms with van der Waals surface area (Å²) in [6.07, 6.45) is 7.27. The highest BCUT2D eigenvalue weighted by Gasteiger charge is 2.16. The number of carbonyl (C=O) groups excluding carboxylic acids is 1. The number of furan rings is 1. The molecule has 0 amide bonds. The van der Waals surface area contributed by atoms with Crippen molar-refractivity contribution in [3.63, 3.8) is 0 Å². The van der Waals surface area contributed by atoms with Crippen molar-refractivity contribution in [3.8, 4) is 22.8 Å². The molecular weight excluding hydrogens is 631 g/mol. The Morgan fingerprint density at radius 1 is 0.917 bits per heavy atom. The van der Waals surface area contributed by atoms with Gasteiger partial charge in [-0.05, 0) is 73.5 Å². The van der Waals surface area contributed by atoms with Gasteiger partial charge in [-0.1, -0.05) is 64.3 Å². The Balaban J connectivity index is 0.00000151. The molecule has 0 spiro atoms. The van der Waals surface area contributed by atoms with E-state index in [0.29, 0.717) is 57.8 Å². The Morgan fingerprint density at radius 3 is 2.48 bits per heavy atom. The summed E-state index contributed by atoms with van der Waals surface area (Å²) in [4.78, 5) is 19.4. The molecule has 0 bridgehead atoms. The maximum atomic E-state index is 13.5. The van der Waals surface area contributed by atoms with Crippen LogP contribution in [-0.2, 0) is 17.9 Å². The van der Waals surface area contributed by atoms with Gasteiger partial charge in [-0.2, -0.15) is 0 Å². The summed E-state index contributed by atoms with van der Waals surface area (Å²) in [5, 5.41) is 7.93. The van der Waals surface area contributed by atoms with Crippen LogP contribution in [0.15, 0.2) is 77.5 Å². The van der Waals surface area contributed by atoms with E-state index in [-0.39, 0.29) is 12.4 Å². The van der Waals surface area contributed by atoms with Gasteiger partial charge >= 0.3 is 0 Å². The molecule has 0 atom stereocenters. The first-order valence-electron chi connectivity index (χ1n) is 16.5. The number of nitrogens with zero attached hydrogens (tertiary/aromatic N) is 2. The molecule has 2 heterocycles. The molecule has 8 nitrogen and oxygen atoms in total. The number of anilines is 2. The fourth-order valence-corrected chi connectivity index (χ4v) is 5.06. The van der Waals surface area contributed by atoms with Crippen molar-refractivity contribution in [2.45, 2.75) is 73.0 Å². The second kappa shape index (κ2) is 20.7. The summed E-state index contributed by atoms with van der Waals surface area (Å²) in [5.74, 6) is 2.88. The average molecular weight is 677 g/mol. The zero-order chi connectivity index (χ0) is 34.7. The number of fused-ring (bicyclic) bond motifs is 1. The number of halogens is 2. The Bertz CT molecular complexity index is 1710. The molecule has 5 rings (SSSR count). The molecular formula is C38H46ClFN4O4. The van der Waals surface area contributed by atoms with Crippen LogP contribution < -0.4 is 20.1 Å². The third kappa shape index (κ3) is 11.1. The van der Waals surface area contributed by atoms with E-state index in [0.717, 1.165) is 55.2 Å². The number of hydrogen-bond donors (Lipinski definition) is 2. The van der Waals surface area contributed by atoms with Crippen LogP contribution in [0, 0.1) is 5.82 Å².